The van der Waals surface area contributed by atoms with E-state index in [1.54, 1.807) is 6.26 Å². The fourth-order valence-electron chi connectivity index (χ4n) is 4.32. The molecular formula is C21H27N3O3S2. The van der Waals surface area contributed by atoms with E-state index >= 15 is 0 Å². The van der Waals surface area contributed by atoms with Gasteiger partial charge in [-0.2, -0.15) is 0 Å². The number of piperazine rings is 1. The highest BCUT2D eigenvalue weighted by Crippen LogP contribution is 2.34. The molecule has 29 heavy (non-hydrogen) atoms. The van der Waals surface area contributed by atoms with E-state index < -0.39 is 10.8 Å². The van der Waals surface area contributed by atoms with Crippen LogP contribution in [-0.4, -0.2) is 75.9 Å². The van der Waals surface area contributed by atoms with Gasteiger partial charge in [-0.05, 0) is 22.9 Å². The fraction of sp³-hybridized carbons (Fsp3) is 0.524. The maximum Gasteiger partial charge on any atom is 0.320 e. The fourth-order valence-corrected chi connectivity index (χ4v) is 6.30. The lowest BCUT2D eigenvalue weighted by atomic mass is 10.1. The summed E-state index contributed by atoms with van der Waals surface area (Å²) >= 11 is 1.49. The molecule has 2 aliphatic heterocycles. The molecule has 0 radical (unpaired) electrons. The molecule has 2 aromatic rings. The molecule has 6 nitrogen and oxygen atoms in total. The van der Waals surface area contributed by atoms with Crippen LogP contribution in [0.5, 0.6) is 0 Å². The Bertz CT molecular complexity index is 971. The number of carbonyl (C=O) groups is 2. The summed E-state index contributed by atoms with van der Waals surface area (Å²) in [6.45, 7) is 7.33. The van der Waals surface area contributed by atoms with Gasteiger partial charge < -0.3 is 14.7 Å². The van der Waals surface area contributed by atoms with Crippen molar-refractivity contribution in [2.45, 2.75) is 25.6 Å². The average molecular weight is 434 g/mol. The van der Waals surface area contributed by atoms with Gasteiger partial charge in [0.25, 0.3) is 5.91 Å². The van der Waals surface area contributed by atoms with Gasteiger partial charge in [-0.1, -0.05) is 32.0 Å². The van der Waals surface area contributed by atoms with Crippen LogP contribution in [0.2, 0.25) is 0 Å². The number of hydrogen-bond acceptors (Lipinski definition) is 4. The topological polar surface area (TPSA) is 60.9 Å². The van der Waals surface area contributed by atoms with Crippen molar-refractivity contribution in [2.24, 2.45) is 5.92 Å². The summed E-state index contributed by atoms with van der Waals surface area (Å²) in [6, 6.07) is 8.08. The molecule has 8 heteroatoms. The number of fused-ring (bicyclic) bond motifs is 2. The van der Waals surface area contributed by atoms with Crippen LogP contribution in [0.25, 0.3) is 10.1 Å². The molecule has 2 aliphatic rings. The summed E-state index contributed by atoms with van der Waals surface area (Å²) in [5, 5.41) is 1.02. The molecule has 2 atom stereocenters. The predicted molar refractivity (Wildman–Crippen MR) is 118 cm³/mol. The van der Waals surface area contributed by atoms with Crippen molar-refractivity contribution in [1.82, 2.24) is 14.7 Å². The van der Waals surface area contributed by atoms with Gasteiger partial charge in [0, 0.05) is 54.5 Å². The van der Waals surface area contributed by atoms with Crippen LogP contribution in [0, 0.1) is 5.92 Å². The average Bonchev–Trinajstić information content (AvgIpc) is 3.18. The van der Waals surface area contributed by atoms with Gasteiger partial charge in [0.15, 0.2) is 0 Å². The van der Waals surface area contributed by atoms with Gasteiger partial charge >= 0.3 is 6.03 Å². The van der Waals surface area contributed by atoms with E-state index in [0.717, 1.165) is 22.2 Å². The highest BCUT2D eigenvalue weighted by Gasteiger charge is 2.42. The lowest BCUT2D eigenvalue weighted by Gasteiger charge is -2.36. The first-order chi connectivity index (χ1) is 13.8. The number of benzene rings is 1. The molecule has 2 saturated heterocycles. The number of rotatable bonds is 5. The molecule has 0 aliphatic carbocycles. The minimum Gasteiger partial charge on any atom is -0.334 e. The molecule has 3 heterocycles. The van der Waals surface area contributed by atoms with Gasteiger partial charge in [-0.15, -0.1) is 11.3 Å². The molecule has 2 fully saturated rings. The number of thiophene rings is 1. The zero-order chi connectivity index (χ0) is 20.7. The van der Waals surface area contributed by atoms with Crippen molar-refractivity contribution < 1.29 is 13.8 Å². The molecule has 156 valence electrons. The van der Waals surface area contributed by atoms with E-state index in [1.807, 2.05) is 39.0 Å². The van der Waals surface area contributed by atoms with E-state index in [9.17, 15) is 13.8 Å². The minimum atomic E-state index is -1.03. The number of amides is 3. The maximum absolute atomic E-state index is 13.4. The summed E-state index contributed by atoms with van der Waals surface area (Å²) in [5.41, 5.74) is 0.891. The summed E-state index contributed by atoms with van der Waals surface area (Å²) in [4.78, 5) is 32.4. The molecule has 0 bridgehead atoms. The molecular weight excluding hydrogens is 406 g/mol. The van der Waals surface area contributed by atoms with Gasteiger partial charge in [-0.3, -0.25) is 9.00 Å². The molecule has 2 unspecified atom stereocenters. The number of carbonyl (C=O) groups excluding carboxylic acids is 2. The second-order valence-electron chi connectivity index (χ2n) is 8.30. The monoisotopic (exact) mass is 433 g/mol. The van der Waals surface area contributed by atoms with Crippen molar-refractivity contribution in [3.05, 3.63) is 34.7 Å². The summed E-state index contributed by atoms with van der Waals surface area (Å²) < 4.78 is 13.0. The summed E-state index contributed by atoms with van der Waals surface area (Å²) in [7, 11) is -1.03. The molecule has 4 rings (SSSR count). The second-order valence-corrected chi connectivity index (χ2v) is 10.8. The Labute approximate surface area is 177 Å². The van der Waals surface area contributed by atoms with Gasteiger partial charge in [-0.25, -0.2) is 4.79 Å². The first-order valence-corrected chi connectivity index (χ1v) is 12.5. The van der Waals surface area contributed by atoms with Crippen LogP contribution in [0.3, 0.4) is 0 Å². The predicted octanol–water partition coefficient (Wildman–Crippen LogP) is 3.00. The molecule has 0 N–H and O–H groups in total. The minimum absolute atomic E-state index is 0.000980. The lowest BCUT2D eigenvalue weighted by molar-refractivity contribution is 0.0621. The van der Waals surface area contributed by atoms with Crippen molar-refractivity contribution in [2.75, 3.05) is 39.0 Å². The third-order valence-corrected chi connectivity index (χ3v) is 7.44. The van der Waals surface area contributed by atoms with E-state index in [1.165, 1.54) is 11.3 Å². The van der Waals surface area contributed by atoms with Crippen molar-refractivity contribution in [3.63, 3.8) is 0 Å². The van der Waals surface area contributed by atoms with E-state index in [-0.39, 0.29) is 18.0 Å². The normalized spacial score (nSPS) is 20.6. The number of hydrogen-bond donors (Lipinski definition) is 0. The van der Waals surface area contributed by atoms with Crippen molar-refractivity contribution in [1.29, 1.82) is 0 Å². The molecule has 0 spiro atoms. The smallest absolute Gasteiger partial charge is 0.320 e. The first-order valence-electron chi connectivity index (χ1n) is 10.0. The summed E-state index contributed by atoms with van der Waals surface area (Å²) in [5.74, 6) is 0.810. The van der Waals surface area contributed by atoms with Crippen molar-refractivity contribution >= 4 is 44.2 Å². The Morgan fingerprint density at radius 2 is 2.00 bits per heavy atom. The van der Waals surface area contributed by atoms with Crippen LogP contribution in [-0.2, 0) is 16.6 Å². The highest BCUT2D eigenvalue weighted by atomic mass is 32.2. The van der Waals surface area contributed by atoms with E-state index in [2.05, 4.69) is 13.8 Å². The Hall–Kier alpha value is -1.93. The van der Waals surface area contributed by atoms with E-state index in [4.69, 9.17) is 0 Å². The van der Waals surface area contributed by atoms with Gasteiger partial charge in [0.1, 0.15) is 0 Å². The van der Waals surface area contributed by atoms with Gasteiger partial charge in [0.05, 0.1) is 16.7 Å². The zero-order valence-electron chi connectivity index (χ0n) is 17.1. The van der Waals surface area contributed by atoms with Gasteiger partial charge in [0.2, 0.25) is 0 Å². The number of urea groups is 1. The van der Waals surface area contributed by atoms with Crippen LogP contribution in [0.4, 0.5) is 4.79 Å². The Morgan fingerprint density at radius 1 is 1.24 bits per heavy atom. The SMILES string of the molecule is CC(C)CN1CC2CN(C(=O)c3sc4ccccc4c3CS(C)=O)CCN2C1=O. The van der Waals surface area contributed by atoms with Crippen LogP contribution in [0.1, 0.15) is 29.1 Å². The largest absolute Gasteiger partial charge is 0.334 e. The quantitative estimate of drug-likeness (QED) is 0.728. The third-order valence-electron chi connectivity index (χ3n) is 5.54. The lowest BCUT2D eigenvalue weighted by Crippen LogP contribution is -2.53. The van der Waals surface area contributed by atoms with Crippen molar-refractivity contribution in [3.8, 4) is 0 Å². The molecule has 0 saturated carbocycles. The standard InChI is InChI=1S/C21H27N3O3S2/c1-14(2)10-23-12-15-11-22(8-9-24(15)21(23)26)20(25)19-17(13-29(3)27)16-6-4-5-7-18(16)28-19/h4-7,14-15H,8-13H2,1-3H3. The van der Waals surface area contributed by atoms with Crippen LogP contribution >= 0.6 is 11.3 Å². The Morgan fingerprint density at radius 3 is 2.72 bits per heavy atom. The highest BCUT2D eigenvalue weighted by molar-refractivity contribution is 7.83. The van der Waals surface area contributed by atoms with Crippen LogP contribution < -0.4 is 0 Å². The third kappa shape index (κ3) is 3.92. The summed E-state index contributed by atoms with van der Waals surface area (Å²) in [6.07, 6.45) is 1.67. The first kappa shape index (κ1) is 20.3. The molecule has 3 amide bonds. The Kier molecular flexibility index (Phi) is 5.66. The molecule has 1 aromatic heterocycles. The second kappa shape index (κ2) is 8.07. The number of nitrogens with zero attached hydrogens (tertiary/aromatic N) is 3. The maximum atomic E-state index is 13.4. The van der Waals surface area contributed by atoms with Crippen LogP contribution in [0.15, 0.2) is 24.3 Å². The Balaban J connectivity index is 1.57. The van der Waals surface area contributed by atoms with E-state index in [0.29, 0.717) is 42.7 Å². The molecule has 1 aromatic carbocycles. The zero-order valence-corrected chi connectivity index (χ0v) is 18.7.